The zero-order valence-corrected chi connectivity index (χ0v) is 12.7. The Morgan fingerprint density at radius 3 is 2.90 bits per heavy atom. The van der Waals surface area contributed by atoms with Crippen LogP contribution in [0.1, 0.15) is 37.4 Å². The van der Waals surface area contributed by atoms with E-state index in [1.807, 2.05) is 19.3 Å². The molecule has 114 valence electrons. The quantitative estimate of drug-likeness (QED) is 0.837. The van der Waals surface area contributed by atoms with Gasteiger partial charge in [0.25, 0.3) is 0 Å². The second kappa shape index (κ2) is 5.16. The van der Waals surface area contributed by atoms with Gasteiger partial charge < -0.3 is 14.2 Å². The van der Waals surface area contributed by atoms with Crippen LogP contribution in [0, 0.1) is 17.8 Å². The maximum Gasteiger partial charge on any atom is 0.226 e. The van der Waals surface area contributed by atoms with E-state index >= 15 is 0 Å². The van der Waals surface area contributed by atoms with Gasteiger partial charge in [-0.2, -0.15) is 0 Å². The first-order chi connectivity index (χ1) is 10.2. The number of hydrogen-bond acceptors (Lipinski definition) is 2. The standard InChI is InChI=1S/C17H24N2O2/c1-18-6-2-3-15(18)16-11-21-8-7-19(16)17(20)14-10-12-4-5-13(14)9-12/h2-3,6,12-14,16H,4-5,7-11H2,1H3/t12-,13-,14+,16-/m0/s1. The van der Waals surface area contributed by atoms with Gasteiger partial charge in [0.1, 0.15) is 0 Å². The van der Waals surface area contributed by atoms with Crippen LogP contribution in [-0.2, 0) is 16.6 Å². The number of carbonyl (C=O) groups excluding carboxylic acids is 1. The molecule has 0 N–H and O–H groups in total. The molecule has 2 saturated carbocycles. The Labute approximate surface area is 126 Å². The largest absolute Gasteiger partial charge is 0.377 e. The van der Waals surface area contributed by atoms with Crippen molar-refractivity contribution in [2.24, 2.45) is 24.8 Å². The van der Waals surface area contributed by atoms with E-state index in [1.165, 1.54) is 25.0 Å². The van der Waals surface area contributed by atoms with Gasteiger partial charge in [-0.15, -0.1) is 0 Å². The first kappa shape index (κ1) is 13.4. The molecule has 4 nitrogen and oxygen atoms in total. The molecule has 1 aromatic rings. The Balaban J connectivity index is 1.57. The molecule has 1 saturated heterocycles. The molecule has 0 unspecified atom stereocenters. The average molecular weight is 288 g/mol. The van der Waals surface area contributed by atoms with Crippen LogP contribution >= 0.6 is 0 Å². The van der Waals surface area contributed by atoms with Crippen molar-refractivity contribution in [1.82, 2.24) is 9.47 Å². The molecule has 2 aliphatic carbocycles. The highest BCUT2D eigenvalue weighted by Gasteiger charge is 2.46. The summed E-state index contributed by atoms with van der Waals surface area (Å²) in [6, 6.07) is 4.25. The zero-order valence-electron chi connectivity index (χ0n) is 12.7. The monoisotopic (exact) mass is 288 g/mol. The van der Waals surface area contributed by atoms with E-state index in [4.69, 9.17) is 4.74 Å². The van der Waals surface area contributed by atoms with Crippen molar-refractivity contribution in [3.63, 3.8) is 0 Å². The maximum atomic E-state index is 13.1. The van der Waals surface area contributed by atoms with Gasteiger partial charge in [0.05, 0.1) is 19.3 Å². The number of morpholine rings is 1. The third-order valence-electron chi connectivity index (χ3n) is 5.79. The van der Waals surface area contributed by atoms with Gasteiger partial charge in [0, 0.05) is 31.4 Å². The predicted octanol–water partition coefficient (Wildman–Crippen LogP) is 2.36. The summed E-state index contributed by atoms with van der Waals surface area (Å²) in [4.78, 5) is 15.2. The summed E-state index contributed by atoms with van der Waals surface area (Å²) in [6.07, 6.45) is 7.07. The molecule has 1 aromatic heterocycles. The Kier molecular flexibility index (Phi) is 3.29. The van der Waals surface area contributed by atoms with Gasteiger partial charge >= 0.3 is 0 Å². The molecule has 4 atom stereocenters. The summed E-state index contributed by atoms with van der Waals surface area (Å²) in [6.45, 7) is 2.04. The van der Waals surface area contributed by atoms with Crippen molar-refractivity contribution in [2.75, 3.05) is 19.8 Å². The van der Waals surface area contributed by atoms with Gasteiger partial charge in [0.15, 0.2) is 0 Å². The number of ether oxygens (including phenoxy) is 1. The van der Waals surface area contributed by atoms with Crippen molar-refractivity contribution in [3.05, 3.63) is 24.0 Å². The van der Waals surface area contributed by atoms with Gasteiger partial charge in [0.2, 0.25) is 5.91 Å². The summed E-state index contributed by atoms with van der Waals surface area (Å²) < 4.78 is 7.77. The second-order valence-corrected chi connectivity index (χ2v) is 6.95. The van der Waals surface area contributed by atoms with Crippen LogP contribution < -0.4 is 0 Å². The third kappa shape index (κ3) is 2.20. The number of fused-ring (bicyclic) bond motifs is 2. The summed E-state index contributed by atoms with van der Waals surface area (Å²) in [5.74, 6) is 2.14. The minimum absolute atomic E-state index is 0.0883. The van der Waals surface area contributed by atoms with Crippen LogP contribution in [-0.4, -0.2) is 35.1 Å². The SMILES string of the molecule is Cn1cccc1[C@@H]1COCCN1C(=O)[C@@H]1C[C@H]2CC[C@H]1C2. The molecule has 1 amide bonds. The lowest BCUT2D eigenvalue weighted by Gasteiger charge is -2.38. The average Bonchev–Trinajstić information content (AvgIpc) is 3.22. The van der Waals surface area contributed by atoms with Crippen LogP contribution in [0.25, 0.3) is 0 Å². The zero-order chi connectivity index (χ0) is 14.4. The smallest absolute Gasteiger partial charge is 0.226 e. The Morgan fingerprint density at radius 2 is 2.24 bits per heavy atom. The van der Waals surface area contributed by atoms with E-state index in [9.17, 15) is 4.79 Å². The second-order valence-electron chi connectivity index (χ2n) is 6.95. The molecule has 0 radical (unpaired) electrons. The first-order valence-electron chi connectivity index (χ1n) is 8.23. The van der Waals surface area contributed by atoms with Crippen molar-refractivity contribution in [3.8, 4) is 0 Å². The highest BCUT2D eigenvalue weighted by molar-refractivity contribution is 5.80. The van der Waals surface area contributed by atoms with E-state index in [2.05, 4.69) is 15.5 Å². The van der Waals surface area contributed by atoms with Crippen molar-refractivity contribution < 1.29 is 9.53 Å². The molecule has 0 aromatic carbocycles. The fourth-order valence-electron chi connectivity index (χ4n) is 4.69. The molecular formula is C17H24N2O2. The highest BCUT2D eigenvalue weighted by Crippen LogP contribution is 2.49. The lowest BCUT2D eigenvalue weighted by Crippen LogP contribution is -2.47. The number of aromatic nitrogens is 1. The number of amides is 1. The number of rotatable bonds is 2. The van der Waals surface area contributed by atoms with Crippen molar-refractivity contribution >= 4 is 5.91 Å². The molecule has 3 aliphatic rings. The fourth-order valence-corrected chi connectivity index (χ4v) is 4.69. The Morgan fingerprint density at radius 1 is 1.33 bits per heavy atom. The Hall–Kier alpha value is -1.29. The molecule has 1 aliphatic heterocycles. The van der Waals surface area contributed by atoms with Crippen molar-refractivity contribution in [1.29, 1.82) is 0 Å². The molecule has 2 heterocycles. The van der Waals surface area contributed by atoms with Crippen LogP contribution in [0.15, 0.2) is 18.3 Å². The fraction of sp³-hybridized carbons (Fsp3) is 0.706. The van der Waals surface area contributed by atoms with Crippen molar-refractivity contribution in [2.45, 2.75) is 31.7 Å². The van der Waals surface area contributed by atoms with E-state index in [0.717, 1.165) is 18.9 Å². The summed E-state index contributed by atoms with van der Waals surface area (Å²) in [5, 5.41) is 0. The summed E-state index contributed by atoms with van der Waals surface area (Å²) in [5.41, 5.74) is 1.19. The van der Waals surface area contributed by atoms with E-state index < -0.39 is 0 Å². The molecular weight excluding hydrogens is 264 g/mol. The summed E-state index contributed by atoms with van der Waals surface area (Å²) in [7, 11) is 2.05. The minimum atomic E-state index is 0.0883. The molecule has 3 fully saturated rings. The van der Waals surface area contributed by atoms with E-state index in [0.29, 0.717) is 25.0 Å². The summed E-state index contributed by atoms with van der Waals surface area (Å²) >= 11 is 0. The first-order valence-corrected chi connectivity index (χ1v) is 8.23. The molecule has 4 rings (SSSR count). The molecule has 2 bridgehead atoms. The van der Waals surface area contributed by atoms with Gasteiger partial charge in [-0.3, -0.25) is 4.79 Å². The van der Waals surface area contributed by atoms with Crippen LogP contribution in [0.4, 0.5) is 0 Å². The lowest BCUT2D eigenvalue weighted by molar-refractivity contribution is -0.146. The topological polar surface area (TPSA) is 34.5 Å². The Bertz CT molecular complexity index is 539. The molecule has 21 heavy (non-hydrogen) atoms. The molecule has 4 heteroatoms. The highest BCUT2D eigenvalue weighted by atomic mass is 16.5. The maximum absolute atomic E-state index is 13.1. The number of nitrogens with zero attached hydrogens (tertiary/aromatic N) is 2. The minimum Gasteiger partial charge on any atom is -0.377 e. The lowest BCUT2D eigenvalue weighted by atomic mass is 9.87. The normalized spacial score (nSPS) is 35.4. The van der Waals surface area contributed by atoms with Gasteiger partial charge in [-0.25, -0.2) is 0 Å². The van der Waals surface area contributed by atoms with Crippen LogP contribution in [0.3, 0.4) is 0 Å². The van der Waals surface area contributed by atoms with E-state index in [1.54, 1.807) is 0 Å². The van der Waals surface area contributed by atoms with Crippen LogP contribution in [0.5, 0.6) is 0 Å². The third-order valence-corrected chi connectivity index (χ3v) is 5.79. The number of carbonyl (C=O) groups is 1. The van der Waals surface area contributed by atoms with Gasteiger partial charge in [-0.1, -0.05) is 6.42 Å². The molecule has 0 spiro atoms. The number of aryl methyl sites for hydroxylation is 1. The van der Waals surface area contributed by atoms with Crippen LogP contribution in [0.2, 0.25) is 0 Å². The predicted molar refractivity (Wildman–Crippen MR) is 79.6 cm³/mol. The van der Waals surface area contributed by atoms with E-state index in [-0.39, 0.29) is 12.0 Å². The van der Waals surface area contributed by atoms with Gasteiger partial charge in [-0.05, 0) is 43.2 Å². The number of hydrogen-bond donors (Lipinski definition) is 0.